The normalized spacial score (nSPS) is 27.8. The number of carbonyl (C=O) groups is 6. The van der Waals surface area contributed by atoms with Crippen LogP contribution in [0.5, 0.6) is 0 Å². The zero-order chi connectivity index (χ0) is 24.3. The lowest BCUT2D eigenvalue weighted by atomic mass is 9.94. The molecular formula is C20H25NO11. The molecule has 1 fully saturated rings. The Morgan fingerprint density at radius 3 is 1.69 bits per heavy atom. The molecular weight excluding hydrogens is 430 g/mol. The van der Waals surface area contributed by atoms with Crippen molar-refractivity contribution < 1.29 is 52.5 Å². The van der Waals surface area contributed by atoms with E-state index in [1.807, 2.05) is 0 Å². The molecule has 176 valence electrons. The Hall–Kier alpha value is -3.28. The summed E-state index contributed by atoms with van der Waals surface area (Å²) in [6.07, 6.45) is -5.72. The highest BCUT2D eigenvalue weighted by Gasteiger charge is 2.57. The van der Waals surface area contributed by atoms with Crippen molar-refractivity contribution >= 4 is 35.7 Å². The summed E-state index contributed by atoms with van der Waals surface area (Å²) >= 11 is 0. The third-order valence-corrected chi connectivity index (χ3v) is 4.89. The Balaban J connectivity index is 2.59. The number of amides is 2. The first-order valence-electron chi connectivity index (χ1n) is 9.71. The van der Waals surface area contributed by atoms with Crippen LogP contribution in [0.3, 0.4) is 0 Å². The van der Waals surface area contributed by atoms with E-state index in [9.17, 15) is 28.8 Å². The molecule has 5 atom stereocenters. The lowest BCUT2D eigenvalue weighted by Gasteiger charge is -2.46. The van der Waals surface area contributed by atoms with E-state index < -0.39 is 72.9 Å². The van der Waals surface area contributed by atoms with Crippen molar-refractivity contribution in [2.75, 3.05) is 6.61 Å². The average molecular weight is 455 g/mol. The van der Waals surface area contributed by atoms with Gasteiger partial charge in [-0.2, -0.15) is 0 Å². The minimum absolute atomic E-state index is 0.143. The highest BCUT2D eigenvalue weighted by atomic mass is 16.7. The Morgan fingerprint density at radius 2 is 1.25 bits per heavy atom. The molecule has 0 aromatic carbocycles. The van der Waals surface area contributed by atoms with E-state index in [4.69, 9.17) is 23.7 Å². The van der Waals surface area contributed by atoms with Gasteiger partial charge in [-0.3, -0.25) is 33.7 Å². The van der Waals surface area contributed by atoms with Crippen LogP contribution in [-0.4, -0.2) is 77.8 Å². The molecule has 0 bridgehead atoms. The number of imide groups is 1. The second kappa shape index (κ2) is 9.90. The molecule has 2 aliphatic rings. The van der Waals surface area contributed by atoms with Crippen LogP contribution < -0.4 is 0 Å². The van der Waals surface area contributed by atoms with E-state index in [0.717, 1.165) is 32.6 Å². The Morgan fingerprint density at radius 1 is 0.781 bits per heavy atom. The second-order valence-corrected chi connectivity index (χ2v) is 7.32. The van der Waals surface area contributed by atoms with E-state index in [1.54, 1.807) is 0 Å². The molecule has 2 aliphatic heterocycles. The van der Waals surface area contributed by atoms with Crippen LogP contribution >= 0.6 is 0 Å². The van der Waals surface area contributed by atoms with Crippen LogP contribution in [0, 0.1) is 0 Å². The number of esters is 4. The fraction of sp³-hybridized carbons (Fsp3) is 0.600. The fourth-order valence-electron chi connectivity index (χ4n) is 3.46. The fourth-order valence-corrected chi connectivity index (χ4v) is 3.46. The van der Waals surface area contributed by atoms with Gasteiger partial charge in [-0.05, 0) is 13.8 Å². The van der Waals surface area contributed by atoms with Gasteiger partial charge in [0.2, 0.25) is 6.29 Å². The molecule has 0 aromatic heterocycles. The number of ether oxygens (including phenoxy) is 5. The molecule has 12 heteroatoms. The maximum absolute atomic E-state index is 12.8. The van der Waals surface area contributed by atoms with E-state index in [0.29, 0.717) is 0 Å². The van der Waals surface area contributed by atoms with Gasteiger partial charge in [0.15, 0.2) is 12.2 Å². The number of carbonyl (C=O) groups excluding carboxylic acids is 6. The first kappa shape index (κ1) is 25.0. The van der Waals surface area contributed by atoms with E-state index in [1.165, 1.54) is 13.8 Å². The van der Waals surface area contributed by atoms with Crippen LogP contribution in [0.1, 0.15) is 41.5 Å². The quantitative estimate of drug-likeness (QED) is 0.297. The highest BCUT2D eigenvalue weighted by Crippen LogP contribution is 2.34. The van der Waals surface area contributed by atoms with Gasteiger partial charge in [-0.1, -0.05) is 0 Å². The Kier molecular flexibility index (Phi) is 7.73. The summed E-state index contributed by atoms with van der Waals surface area (Å²) in [6, 6.07) is -1.48. The highest BCUT2D eigenvalue weighted by molar-refractivity contribution is 6.19. The smallest absolute Gasteiger partial charge is 0.305 e. The van der Waals surface area contributed by atoms with E-state index >= 15 is 0 Å². The lowest BCUT2D eigenvalue weighted by molar-refractivity contribution is -0.281. The molecule has 32 heavy (non-hydrogen) atoms. The first-order valence-corrected chi connectivity index (χ1v) is 9.71. The summed E-state index contributed by atoms with van der Waals surface area (Å²) in [5, 5.41) is 0. The molecule has 0 spiro atoms. The van der Waals surface area contributed by atoms with Crippen LogP contribution in [0.2, 0.25) is 0 Å². The molecule has 2 rings (SSSR count). The van der Waals surface area contributed by atoms with Gasteiger partial charge in [0.1, 0.15) is 18.8 Å². The zero-order valence-electron chi connectivity index (χ0n) is 18.5. The molecule has 0 saturated carbocycles. The van der Waals surface area contributed by atoms with Crippen molar-refractivity contribution in [3.05, 3.63) is 11.1 Å². The number of rotatable bonds is 6. The van der Waals surface area contributed by atoms with Crippen molar-refractivity contribution in [2.24, 2.45) is 0 Å². The lowest BCUT2D eigenvalue weighted by Crippen LogP contribution is -2.68. The second-order valence-electron chi connectivity index (χ2n) is 7.32. The van der Waals surface area contributed by atoms with Gasteiger partial charge in [-0.15, -0.1) is 0 Å². The summed E-state index contributed by atoms with van der Waals surface area (Å²) in [5.41, 5.74) is 0.286. The van der Waals surface area contributed by atoms with Crippen molar-refractivity contribution in [1.29, 1.82) is 0 Å². The summed E-state index contributed by atoms with van der Waals surface area (Å²) in [5.74, 6) is -4.54. The standard InChI is InChI=1S/C20H25NO11/c1-8-9(2)19(27)21(18(8)26)15-17(30-12(5)24)16(29-11(4)23)14(7-28-10(3)22)32-20(15)31-13(6)25/h14-17,20H,7H2,1-6H3/t14-,15-,16+,17-,20-/m1/s1. The number of hydrogen-bond acceptors (Lipinski definition) is 11. The predicted octanol–water partition coefficient (Wildman–Crippen LogP) is -0.225. The van der Waals surface area contributed by atoms with Gasteiger partial charge in [0.25, 0.3) is 11.8 Å². The molecule has 0 radical (unpaired) electrons. The maximum atomic E-state index is 12.8. The molecule has 1 saturated heterocycles. The summed E-state index contributed by atoms with van der Waals surface area (Å²) in [4.78, 5) is 73.2. The Bertz CT molecular complexity index is 853. The third kappa shape index (κ3) is 5.31. The summed E-state index contributed by atoms with van der Waals surface area (Å²) in [7, 11) is 0. The van der Waals surface area contributed by atoms with Crippen LogP contribution in [0.4, 0.5) is 0 Å². The van der Waals surface area contributed by atoms with Crippen LogP contribution in [-0.2, 0) is 52.5 Å². The van der Waals surface area contributed by atoms with Crippen molar-refractivity contribution in [3.8, 4) is 0 Å². The number of nitrogens with zero attached hydrogens (tertiary/aromatic N) is 1. The summed E-state index contributed by atoms with van der Waals surface area (Å²) < 4.78 is 26.5. The largest absolute Gasteiger partial charge is 0.463 e. The molecule has 12 nitrogen and oxygen atoms in total. The van der Waals surface area contributed by atoms with Gasteiger partial charge < -0.3 is 23.7 Å². The molecule has 0 unspecified atom stereocenters. The average Bonchev–Trinajstić information content (AvgIpc) is 2.85. The Labute approximate surface area is 183 Å². The maximum Gasteiger partial charge on any atom is 0.305 e. The van der Waals surface area contributed by atoms with E-state index in [2.05, 4.69) is 0 Å². The van der Waals surface area contributed by atoms with Crippen LogP contribution in [0.15, 0.2) is 11.1 Å². The van der Waals surface area contributed by atoms with Gasteiger partial charge in [0.05, 0.1) is 0 Å². The van der Waals surface area contributed by atoms with Crippen molar-refractivity contribution in [2.45, 2.75) is 72.2 Å². The van der Waals surface area contributed by atoms with Gasteiger partial charge >= 0.3 is 23.9 Å². The van der Waals surface area contributed by atoms with Gasteiger partial charge in [-0.25, -0.2) is 0 Å². The SMILES string of the molecule is CC(=O)OC[C@H]1O[C@@H](OC(C)=O)[C@H](N2C(=O)C(C)=C(C)C2=O)[C@@H](OC(C)=O)[C@H]1OC(C)=O. The minimum atomic E-state index is -1.60. The molecule has 0 aliphatic carbocycles. The molecule has 2 amide bonds. The molecule has 2 heterocycles. The monoisotopic (exact) mass is 455 g/mol. The topological polar surface area (TPSA) is 152 Å². The minimum Gasteiger partial charge on any atom is -0.463 e. The molecule has 0 aromatic rings. The van der Waals surface area contributed by atoms with E-state index in [-0.39, 0.29) is 11.1 Å². The third-order valence-electron chi connectivity index (χ3n) is 4.89. The first-order chi connectivity index (χ1) is 14.8. The summed E-state index contributed by atoms with van der Waals surface area (Å²) in [6.45, 7) is 6.79. The van der Waals surface area contributed by atoms with Crippen molar-refractivity contribution in [1.82, 2.24) is 4.90 Å². The van der Waals surface area contributed by atoms with Gasteiger partial charge in [0, 0.05) is 38.8 Å². The van der Waals surface area contributed by atoms with Crippen molar-refractivity contribution in [3.63, 3.8) is 0 Å². The molecule has 0 N–H and O–H groups in total. The van der Waals surface area contributed by atoms with Crippen LogP contribution in [0.25, 0.3) is 0 Å². The zero-order valence-corrected chi connectivity index (χ0v) is 18.5. The predicted molar refractivity (Wildman–Crippen MR) is 102 cm³/mol. The number of hydrogen-bond donors (Lipinski definition) is 0.